The molecule has 12 nitrogen and oxygen atoms in total. The van der Waals surface area contributed by atoms with Crippen LogP contribution in [0.1, 0.15) is 85.5 Å². The lowest BCUT2D eigenvalue weighted by Crippen LogP contribution is -2.59. The summed E-state index contributed by atoms with van der Waals surface area (Å²) in [7, 11) is 9.15. The van der Waals surface area contributed by atoms with Gasteiger partial charge in [0.15, 0.2) is 18.4 Å². The molecule has 12 heteroatoms. The number of hydrogen-bond acceptors (Lipinski definition) is 12. The molecule has 2 saturated carbocycles. The third-order valence-electron chi connectivity index (χ3n) is 14.0. The molecule has 0 aromatic heterocycles. The van der Waals surface area contributed by atoms with Crippen LogP contribution in [0.25, 0.3) is 0 Å². The van der Waals surface area contributed by atoms with Crippen LogP contribution in [0.2, 0.25) is 0 Å². The maximum Gasteiger partial charge on any atom is 0.306 e. The number of ketones is 1. The minimum atomic E-state index is -0.606. The molecule has 4 aliphatic heterocycles. The first-order chi connectivity index (χ1) is 25.5. The molecule has 7 aliphatic rings. The Balaban J connectivity index is 1.11. The van der Waals surface area contributed by atoms with Crippen molar-refractivity contribution in [3.8, 4) is 0 Å². The highest BCUT2D eigenvalue weighted by Crippen LogP contribution is 2.63. The molecule has 7 rings (SSSR count). The number of rotatable bonds is 9. The number of ether oxygens (including phenoxy) is 9. The second-order valence-electron chi connectivity index (χ2n) is 17.2. The van der Waals surface area contributed by atoms with E-state index in [1.54, 1.807) is 21.3 Å². The summed E-state index contributed by atoms with van der Waals surface area (Å²) >= 11 is 0. The van der Waals surface area contributed by atoms with E-state index in [0.29, 0.717) is 18.4 Å². The molecule has 19 atom stereocenters. The van der Waals surface area contributed by atoms with Gasteiger partial charge < -0.3 is 47.5 Å². The zero-order valence-electron chi connectivity index (χ0n) is 33.3. The summed E-state index contributed by atoms with van der Waals surface area (Å²) in [5.74, 6) is -0.0628. The second-order valence-corrected chi connectivity index (χ2v) is 17.2. The van der Waals surface area contributed by atoms with Crippen molar-refractivity contribution in [2.75, 3.05) is 35.4 Å². The number of carbonyl (C=O) groups excluding carboxylic acids is 2. The van der Waals surface area contributed by atoms with Gasteiger partial charge in [0, 0.05) is 45.1 Å². The third-order valence-corrected chi connectivity index (χ3v) is 14.0. The Morgan fingerprint density at radius 3 is 2.23 bits per heavy atom. The molecule has 4 unspecified atom stereocenters. The molecule has 4 heterocycles. The van der Waals surface area contributed by atoms with E-state index in [4.69, 9.17) is 42.6 Å². The number of fused-ring (bicyclic) bond motifs is 8. The number of carbonyl (C=O) groups is 2. The van der Waals surface area contributed by atoms with Crippen molar-refractivity contribution in [3.63, 3.8) is 0 Å². The smallest absolute Gasteiger partial charge is 0.306 e. The molecule has 53 heavy (non-hydrogen) atoms. The van der Waals surface area contributed by atoms with Gasteiger partial charge in [0.2, 0.25) is 0 Å². The van der Waals surface area contributed by atoms with E-state index in [-0.39, 0.29) is 109 Å². The maximum atomic E-state index is 14.8. The number of nitrogens with zero attached hydrogens (tertiary/aromatic N) is 1. The summed E-state index contributed by atoms with van der Waals surface area (Å²) < 4.78 is 56.2. The average Bonchev–Trinajstić information content (AvgIpc) is 3.67. The summed E-state index contributed by atoms with van der Waals surface area (Å²) in [6.07, 6.45) is 6.20. The second kappa shape index (κ2) is 16.5. The molecule has 300 valence electrons. The van der Waals surface area contributed by atoms with Crippen LogP contribution in [-0.2, 0) is 52.2 Å². The number of likely N-dealkylation sites (N-methyl/N-ethyl adjacent to an activating group) is 1. The Labute approximate surface area is 316 Å². The molecule has 0 bridgehead atoms. The highest BCUT2D eigenvalue weighted by molar-refractivity contribution is 5.99. The van der Waals surface area contributed by atoms with E-state index in [2.05, 4.69) is 38.9 Å². The molecule has 0 spiro atoms. The van der Waals surface area contributed by atoms with Crippen LogP contribution in [0, 0.1) is 35.5 Å². The lowest BCUT2D eigenvalue weighted by Gasteiger charge is -2.44. The fourth-order valence-electron chi connectivity index (χ4n) is 11.3. The Kier molecular flexibility index (Phi) is 12.4. The molecular weight excluding hydrogens is 682 g/mol. The number of epoxide rings is 1. The summed E-state index contributed by atoms with van der Waals surface area (Å²) in [4.78, 5) is 30.6. The summed E-state index contributed by atoms with van der Waals surface area (Å²) in [5.41, 5.74) is 0.758. The van der Waals surface area contributed by atoms with Gasteiger partial charge in [0.1, 0.15) is 24.4 Å². The molecule has 0 aromatic rings. The minimum Gasteiger partial charge on any atom is -0.462 e. The summed E-state index contributed by atoms with van der Waals surface area (Å²) in [6.45, 7) is 8.17. The highest BCUT2D eigenvalue weighted by atomic mass is 16.7. The summed E-state index contributed by atoms with van der Waals surface area (Å²) in [6, 6.07) is 0.335. The van der Waals surface area contributed by atoms with E-state index in [0.717, 1.165) is 50.5 Å². The molecule has 0 N–H and O–H groups in total. The van der Waals surface area contributed by atoms with Gasteiger partial charge in [-0.3, -0.25) is 9.59 Å². The van der Waals surface area contributed by atoms with Crippen LogP contribution in [0.4, 0.5) is 0 Å². The van der Waals surface area contributed by atoms with E-state index < -0.39 is 12.4 Å². The lowest BCUT2D eigenvalue weighted by atomic mass is 9.66. The van der Waals surface area contributed by atoms with Crippen LogP contribution in [0.3, 0.4) is 0 Å². The van der Waals surface area contributed by atoms with Crippen molar-refractivity contribution in [2.45, 2.75) is 165 Å². The largest absolute Gasteiger partial charge is 0.462 e. The standard InChI is InChI=1S/C41H65NO11/c1-10-23-12-11-13-31(52-33-15-14-30(42(5)6)21(3)48-33)20(2)35(44)28-18-26-25-16-24(51-41-40(47-9)39(46-8)36(45-7)22(4)49-41)17-29(25)37-38(53-37)34(26)27(28)19-32(43)50-23/h18,20-27,29-31,33-34,36-41H,10-17,19H2,1-9H3/t20-,21?,22?,23+,24+,25+,26+,27-,29-,30+,31+,33+,34-,36+,37-,38+,39?,40?,41+/m1/s1. The number of hydrogen-bond donors (Lipinski definition) is 0. The first-order valence-electron chi connectivity index (χ1n) is 20.4. The lowest BCUT2D eigenvalue weighted by molar-refractivity contribution is -0.314. The van der Waals surface area contributed by atoms with Gasteiger partial charge in [0.05, 0.1) is 43.0 Å². The highest BCUT2D eigenvalue weighted by Gasteiger charge is 2.66. The average molecular weight is 748 g/mol. The molecule has 0 aromatic carbocycles. The van der Waals surface area contributed by atoms with Gasteiger partial charge >= 0.3 is 5.97 Å². The van der Waals surface area contributed by atoms with Crippen molar-refractivity contribution in [1.29, 1.82) is 0 Å². The van der Waals surface area contributed by atoms with Crippen molar-refractivity contribution >= 4 is 11.8 Å². The van der Waals surface area contributed by atoms with Crippen LogP contribution < -0.4 is 0 Å². The molecule has 0 radical (unpaired) electrons. The minimum absolute atomic E-state index is 0.0105. The summed E-state index contributed by atoms with van der Waals surface area (Å²) in [5, 5.41) is 0. The zero-order chi connectivity index (χ0) is 37.7. The van der Waals surface area contributed by atoms with Gasteiger partial charge in [-0.2, -0.15) is 0 Å². The van der Waals surface area contributed by atoms with Gasteiger partial charge in [-0.25, -0.2) is 0 Å². The number of cyclic esters (lactones) is 1. The molecule has 0 amide bonds. The number of methoxy groups -OCH3 is 3. The molecule has 4 saturated heterocycles. The van der Waals surface area contributed by atoms with E-state index in [1.165, 1.54) is 0 Å². The fraction of sp³-hybridized carbons (Fsp3) is 0.902. The van der Waals surface area contributed by atoms with E-state index >= 15 is 0 Å². The molecular formula is C41H65NO11. The number of Topliss-reactive ketones (excluding diaryl/α,β-unsaturated/α-hetero) is 1. The Morgan fingerprint density at radius 1 is 0.811 bits per heavy atom. The zero-order valence-corrected chi connectivity index (χ0v) is 33.3. The Hall–Kier alpha value is -1.48. The number of allylic oxidation sites excluding steroid dienone is 2. The molecule has 3 aliphatic carbocycles. The topological polar surface area (TPSA) is 124 Å². The van der Waals surface area contributed by atoms with Gasteiger partial charge in [-0.1, -0.05) is 19.9 Å². The first-order valence-corrected chi connectivity index (χ1v) is 20.4. The van der Waals surface area contributed by atoms with Crippen molar-refractivity contribution in [1.82, 2.24) is 4.90 Å². The fourth-order valence-corrected chi connectivity index (χ4v) is 11.3. The monoisotopic (exact) mass is 747 g/mol. The molecule has 6 fully saturated rings. The maximum absolute atomic E-state index is 14.8. The Bertz CT molecular complexity index is 1330. The third kappa shape index (κ3) is 7.80. The van der Waals surface area contributed by atoms with Crippen molar-refractivity contribution < 1.29 is 52.2 Å². The van der Waals surface area contributed by atoms with Gasteiger partial charge in [-0.15, -0.1) is 0 Å². The normalized spacial score (nSPS) is 48.8. The SMILES string of the molecule is CC[C@H]1CCC[C@H](O[C@H]2CC[C@H](N(C)C)C(C)O2)[C@@H](C)C(=O)C2=C[C@H]3[C@@H]4C[C@H](O[C@@H]5OC(C)[C@H](OC)C(OC)C5OC)C[C@H]4[C@H]4O[C@H]4[C@H]3[C@@H]2CC(=O)O1. The van der Waals surface area contributed by atoms with Crippen LogP contribution >= 0.6 is 0 Å². The van der Waals surface area contributed by atoms with Crippen molar-refractivity contribution in [3.05, 3.63) is 11.6 Å². The van der Waals surface area contributed by atoms with Crippen molar-refractivity contribution in [2.24, 2.45) is 35.5 Å². The Morgan fingerprint density at radius 2 is 1.55 bits per heavy atom. The van der Waals surface area contributed by atoms with E-state index in [9.17, 15) is 9.59 Å². The quantitative estimate of drug-likeness (QED) is 0.240. The first kappa shape index (κ1) is 39.7. The van der Waals surface area contributed by atoms with Crippen LogP contribution in [-0.4, -0.2) is 132 Å². The predicted molar refractivity (Wildman–Crippen MR) is 194 cm³/mol. The number of esters is 1. The van der Waals surface area contributed by atoms with Crippen LogP contribution in [0.5, 0.6) is 0 Å². The van der Waals surface area contributed by atoms with E-state index in [1.807, 2.05) is 13.8 Å². The van der Waals surface area contributed by atoms with Gasteiger partial charge in [-0.05, 0) is 103 Å². The predicted octanol–water partition coefficient (Wildman–Crippen LogP) is 4.70. The van der Waals surface area contributed by atoms with Crippen LogP contribution in [0.15, 0.2) is 11.6 Å². The van der Waals surface area contributed by atoms with Gasteiger partial charge in [0.25, 0.3) is 0 Å².